The minimum atomic E-state index is -4.28. The van der Waals surface area contributed by atoms with Crippen molar-refractivity contribution in [2.24, 2.45) is 29.6 Å². The molecule has 0 aliphatic heterocycles. The Hall–Kier alpha value is -0.870. The molecular weight excluding hydrogens is 452 g/mol. The highest BCUT2D eigenvalue weighted by atomic mass is 32.2. The van der Waals surface area contributed by atoms with Crippen molar-refractivity contribution < 1.29 is 13.0 Å². The highest BCUT2D eigenvalue weighted by Crippen LogP contribution is 2.57. The first kappa shape index (κ1) is 23.3. The molecule has 1 aromatic rings. The maximum atomic E-state index is 13.3. The lowest BCUT2D eigenvalue weighted by Crippen LogP contribution is -2.39. The van der Waals surface area contributed by atoms with Gasteiger partial charge in [0, 0.05) is 0 Å². The summed E-state index contributed by atoms with van der Waals surface area (Å²) in [4.78, 5) is 0.369. The van der Waals surface area contributed by atoms with Crippen LogP contribution in [0.4, 0.5) is 0 Å². The summed E-state index contributed by atoms with van der Waals surface area (Å²) in [6, 6.07) is 4.67. The summed E-state index contributed by atoms with van der Waals surface area (Å²) in [7, 11) is -4.28. The Morgan fingerprint density at radius 2 is 1.23 bits per heavy atom. The van der Waals surface area contributed by atoms with Crippen LogP contribution < -0.4 is 0 Å². The zero-order valence-electron chi connectivity index (χ0n) is 21.4. The smallest absolute Gasteiger partial charge is 0.282 e. The van der Waals surface area contributed by atoms with Gasteiger partial charge < -0.3 is 0 Å². The third-order valence-electron chi connectivity index (χ3n) is 12.2. The first-order valence-electron chi connectivity index (χ1n) is 15.0. The molecule has 10 rings (SSSR count). The molecule has 6 bridgehead atoms. The third kappa shape index (κ3) is 4.04. The van der Waals surface area contributed by atoms with E-state index >= 15 is 0 Å². The van der Waals surface area contributed by atoms with Crippen molar-refractivity contribution in [2.45, 2.75) is 131 Å². The molecule has 9 aliphatic carbocycles. The molecule has 1 aromatic carbocycles. The minimum Gasteiger partial charge on any atom is -0.282 e. The second kappa shape index (κ2) is 8.58. The molecular formula is C31H44O3S. The van der Waals surface area contributed by atoms with Crippen LogP contribution >= 0.6 is 0 Å². The SMILES string of the molecule is O=S(=O)(O)c1c(C2CC3CCC(CC3)C2)cc(C2CC3CCC2CC3)cc1C12CCC(CC1)CC2. The maximum absolute atomic E-state index is 13.3. The van der Waals surface area contributed by atoms with Crippen LogP contribution in [-0.4, -0.2) is 13.0 Å². The topological polar surface area (TPSA) is 54.4 Å². The summed E-state index contributed by atoms with van der Waals surface area (Å²) in [6.45, 7) is 0. The summed E-state index contributed by atoms with van der Waals surface area (Å²) in [5.41, 5.74) is 3.48. The van der Waals surface area contributed by atoms with Gasteiger partial charge in [-0.1, -0.05) is 50.7 Å². The zero-order chi connectivity index (χ0) is 23.8. The average molecular weight is 497 g/mol. The Morgan fingerprint density at radius 1 is 0.686 bits per heavy atom. The summed E-state index contributed by atoms with van der Waals surface area (Å²) in [6.07, 6.45) is 21.3. The highest BCUT2D eigenvalue weighted by molar-refractivity contribution is 7.86. The van der Waals surface area contributed by atoms with Crippen molar-refractivity contribution >= 4 is 10.1 Å². The van der Waals surface area contributed by atoms with Gasteiger partial charge in [0.1, 0.15) is 4.90 Å². The molecule has 1 unspecified atom stereocenters. The predicted molar refractivity (Wildman–Crippen MR) is 139 cm³/mol. The van der Waals surface area contributed by atoms with Crippen LogP contribution in [0.1, 0.15) is 138 Å². The van der Waals surface area contributed by atoms with Gasteiger partial charge in [-0.3, -0.25) is 4.55 Å². The second-order valence-corrected chi connectivity index (χ2v) is 15.3. The largest absolute Gasteiger partial charge is 0.295 e. The van der Waals surface area contributed by atoms with Gasteiger partial charge in [0.2, 0.25) is 0 Å². The molecule has 0 amide bonds. The molecule has 9 saturated carbocycles. The molecule has 9 fully saturated rings. The fourth-order valence-electron chi connectivity index (χ4n) is 10.2. The van der Waals surface area contributed by atoms with Gasteiger partial charge in [-0.25, -0.2) is 0 Å². The number of rotatable bonds is 4. The fourth-order valence-corrected chi connectivity index (χ4v) is 11.2. The van der Waals surface area contributed by atoms with E-state index in [9.17, 15) is 13.0 Å². The fraction of sp³-hybridized carbons (Fsp3) is 0.806. The molecule has 35 heavy (non-hydrogen) atoms. The van der Waals surface area contributed by atoms with Gasteiger partial charge in [-0.2, -0.15) is 8.42 Å². The van der Waals surface area contributed by atoms with Crippen LogP contribution in [0.25, 0.3) is 0 Å². The lowest BCUT2D eigenvalue weighted by Gasteiger charge is -2.48. The van der Waals surface area contributed by atoms with Crippen molar-refractivity contribution in [3.63, 3.8) is 0 Å². The van der Waals surface area contributed by atoms with E-state index in [1.165, 1.54) is 82.6 Å². The third-order valence-corrected chi connectivity index (χ3v) is 13.2. The van der Waals surface area contributed by atoms with E-state index < -0.39 is 10.1 Å². The van der Waals surface area contributed by atoms with E-state index in [4.69, 9.17) is 0 Å². The van der Waals surface area contributed by atoms with Crippen LogP contribution in [0.15, 0.2) is 17.0 Å². The maximum Gasteiger partial charge on any atom is 0.295 e. The zero-order valence-corrected chi connectivity index (χ0v) is 22.2. The van der Waals surface area contributed by atoms with Crippen molar-refractivity contribution in [1.82, 2.24) is 0 Å². The van der Waals surface area contributed by atoms with E-state index in [0.29, 0.717) is 16.7 Å². The average Bonchev–Trinajstić information content (AvgIpc) is 3.23. The molecule has 9 aliphatic rings. The standard InChI is InChI=1S/C31H44O3S/c32-35(33,34)30-28(25-15-21-1-2-22(16-25)4-3-21)18-26(27-17-23-5-7-24(27)8-6-23)19-29(30)31-12-9-20(10-13-31)11-14-31/h18-25,27H,1-17H2,(H,32,33,34). The molecule has 1 atom stereocenters. The Balaban J connectivity index is 1.41. The minimum absolute atomic E-state index is 0.0396. The molecule has 0 spiro atoms. The quantitative estimate of drug-likeness (QED) is 0.428. The van der Waals surface area contributed by atoms with Gasteiger partial charge in [-0.15, -0.1) is 0 Å². The van der Waals surface area contributed by atoms with Gasteiger partial charge in [0.05, 0.1) is 0 Å². The Kier molecular flexibility index (Phi) is 5.70. The first-order chi connectivity index (χ1) is 16.9. The molecule has 3 nitrogen and oxygen atoms in total. The number of fused-ring (bicyclic) bond motifs is 10. The van der Waals surface area contributed by atoms with Gasteiger partial charge in [0.15, 0.2) is 0 Å². The molecule has 4 heteroatoms. The van der Waals surface area contributed by atoms with E-state index in [1.807, 2.05) is 0 Å². The molecule has 192 valence electrons. The van der Waals surface area contributed by atoms with Crippen molar-refractivity contribution in [3.05, 3.63) is 28.8 Å². The van der Waals surface area contributed by atoms with E-state index in [2.05, 4.69) is 12.1 Å². The van der Waals surface area contributed by atoms with Crippen LogP contribution in [0, 0.1) is 29.6 Å². The van der Waals surface area contributed by atoms with E-state index in [-0.39, 0.29) is 5.41 Å². The highest BCUT2D eigenvalue weighted by Gasteiger charge is 2.47. The molecule has 0 aromatic heterocycles. The van der Waals surface area contributed by atoms with E-state index in [0.717, 1.165) is 72.8 Å². The van der Waals surface area contributed by atoms with E-state index in [1.54, 1.807) is 0 Å². The molecule has 1 N–H and O–H groups in total. The Morgan fingerprint density at radius 3 is 1.74 bits per heavy atom. The molecule has 0 heterocycles. The molecule has 0 saturated heterocycles. The number of benzene rings is 1. The summed E-state index contributed by atoms with van der Waals surface area (Å²) in [5, 5.41) is 0. The van der Waals surface area contributed by atoms with Crippen LogP contribution in [0.2, 0.25) is 0 Å². The predicted octanol–water partition coefficient (Wildman–Crippen LogP) is 8.13. The Bertz CT molecular complexity index is 1040. The second-order valence-electron chi connectivity index (χ2n) is 13.9. The van der Waals surface area contributed by atoms with Gasteiger partial charge >= 0.3 is 0 Å². The van der Waals surface area contributed by atoms with Gasteiger partial charge in [0.25, 0.3) is 10.1 Å². The van der Waals surface area contributed by atoms with Crippen molar-refractivity contribution in [1.29, 1.82) is 0 Å². The summed E-state index contributed by atoms with van der Waals surface area (Å²) in [5.74, 6) is 4.80. The van der Waals surface area contributed by atoms with Crippen molar-refractivity contribution in [3.8, 4) is 0 Å². The number of hydrogen-bond acceptors (Lipinski definition) is 2. The van der Waals surface area contributed by atoms with Crippen LogP contribution in [0.3, 0.4) is 0 Å². The summed E-state index contributed by atoms with van der Waals surface area (Å²) >= 11 is 0. The lowest BCUT2D eigenvalue weighted by molar-refractivity contribution is 0.131. The Labute approximate surface area is 212 Å². The van der Waals surface area contributed by atoms with Gasteiger partial charge in [-0.05, 0) is 134 Å². The molecule has 0 radical (unpaired) electrons. The monoisotopic (exact) mass is 496 g/mol. The lowest BCUT2D eigenvalue weighted by atomic mass is 9.57. The normalized spacial score (nSPS) is 42.8. The van der Waals surface area contributed by atoms with Crippen LogP contribution in [-0.2, 0) is 15.5 Å². The van der Waals surface area contributed by atoms with Crippen LogP contribution in [0.5, 0.6) is 0 Å². The van der Waals surface area contributed by atoms with Crippen molar-refractivity contribution in [2.75, 3.05) is 0 Å². The first-order valence-corrected chi connectivity index (χ1v) is 16.5. The number of hydrogen-bond donors (Lipinski definition) is 1. The summed E-state index contributed by atoms with van der Waals surface area (Å²) < 4.78 is 37.4.